The first-order valence-electron chi connectivity index (χ1n) is 2.67. The molecule has 1 aromatic rings. The Balaban J connectivity index is 3.06. The lowest BCUT2D eigenvalue weighted by Gasteiger charge is -1.91. The normalized spacial score (nSPS) is 10.5. The largest absolute Gasteiger partial charge is 0.297 e. The van der Waals surface area contributed by atoms with Crippen molar-refractivity contribution in [2.45, 2.75) is 6.43 Å². The summed E-state index contributed by atoms with van der Waals surface area (Å²) < 4.78 is 24.4. The second-order valence-electron chi connectivity index (χ2n) is 1.78. The van der Waals surface area contributed by atoms with E-state index in [1.165, 1.54) is 6.07 Å². The molecule has 0 radical (unpaired) electrons. The van der Waals surface area contributed by atoms with Crippen LogP contribution in [0.2, 0.25) is 0 Å². The fraction of sp³-hybridized carbons (Fsp3) is 0.167. The van der Waals surface area contributed by atoms with Crippen molar-refractivity contribution in [1.29, 1.82) is 0 Å². The Morgan fingerprint density at radius 1 is 1.64 bits per heavy atom. The lowest BCUT2D eigenvalue weighted by molar-refractivity contribution is 0.112. The van der Waals surface area contributed by atoms with Gasteiger partial charge in [0.15, 0.2) is 6.29 Å². The van der Waals surface area contributed by atoms with Crippen LogP contribution in [0.3, 0.4) is 0 Å². The summed E-state index contributed by atoms with van der Waals surface area (Å²) in [6, 6.07) is 1.39. The van der Waals surface area contributed by atoms with Gasteiger partial charge in [-0.05, 0) is 22.0 Å². The van der Waals surface area contributed by atoms with E-state index in [0.717, 1.165) is 11.3 Å². The van der Waals surface area contributed by atoms with E-state index in [0.29, 0.717) is 15.6 Å². The van der Waals surface area contributed by atoms with E-state index < -0.39 is 6.43 Å². The smallest absolute Gasteiger partial charge is 0.273 e. The minimum atomic E-state index is -2.51. The Bertz CT molecular complexity index is 272. The molecule has 0 aromatic carbocycles. The van der Waals surface area contributed by atoms with Gasteiger partial charge in [-0.3, -0.25) is 4.79 Å². The van der Waals surface area contributed by atoms with E-state index in [-0.39, 0.29) is 4.88 Å². The highest BCUT2D eigenvalue weighted by Crippen LogP contribution is 2.34. The summed E-state index contributed by atoms with van der Waals surface area (Å²) >= 11 is 3.73. The summed E-state index contributed by atoms with van der Waals surface area (Å²) in [6.07, 6.45) is -1.95. The predicted molar refractivity (Wildman–Crippen MR) is 42.4 cm³/mol. The van der Waals surface area contributed by atoms with E-state index in [4.69, 9.17) is 0 Å². The van der Waals surface area contributed by atoms with Crippen LogP contribution in [0.15, 0.2) is 10.5 Å². The highest BCUT2D eigenvalue weighted by molar-refractivity contribution is 9.10. The van der Waals surface area contributed by atoms with Crippen molar-refractivity contribution >= 4 is 33.6 Å². The Kier molecular flexibility index (Phi) is 2.72. The molecule has 0 aliphatic rings. The number of thiophene rings is 1. The van der Waals surface area contributed by atoms with E-state index >= 15 is 0 Å². The Labute approximate surface area is 74.2 Å². The third-order valence-corrected chi connectivity index (χ3v) is 3.03. The molecule has 0 bridgehead atoms. The summed E-state index contributed by atoms with van der Waals surface area (Å²) in [4.78, 5) is 10.4. The first-order chi connectivity index (χ1) is 5.15. The standard InChI is InChI=1S/C6H3BrF2OS/c7-4-1-3(2-10)11-5(4)6(8)9/h1-2,6H. The fourth-order valence-corrected chi connectivity index (χ4v) is 2.15. The molecule has 1 aromatic heterocycles. The molecule has 0 N–H and O–H groups in total. The van der Waals surface area contributed by atoms with Crippen LogP contribution in [-0.2, 0) is 0 Å². The molecular weight excluding hydrogens is 238 g/mol. The zero-order valence-corrected chi connectivity index (χ0v) is 7.58. The monoisotopic (exact) mass is 240 g/mol. The number of rotatable bonds is 2. The SMILES string of the molecule is O=Cc1cc(Br)c(C(F)F)s1. The Hall–Kier alpha value is -0.290. The van der Waals surface area contributed by atoms with E-state index in [9.17, 15) is 13.6 Å². The second-order valence-corrected chi connectivity index (χ2v) is 3.75. The first kappa shape index (κ1) is 8.80. The molecule has 0 amide bonds. The van der Waals surface area contributed by atoms with Gasteiger partial charge in [0.2, 0.25) is 0 Å². The summed E-state index contributed by atoms with van der Waals surface area (Å²) in [5.41, 5.74) is 0. The van der Waals surface area contributed by atoms with Crippen LogP contribution in [-0.4, -0.2) is 6.29 Å². The molecule has 0 saturated carbocycles. The molecule has 60 valence electrons. The molecule has 11 heavy (non-hydrogen) atoms. The van der Waals surface area contributed by atoms with Gasteiger partial charge in [-0.15, -0.1) is 11.3 Å². The highest BCUT2D eigenvalue weighted by Gasteiger charge is 2.15. The lowest BCUT2D eigenvalue weighted by Crippen LogP contribution is -1.75. The molecule has 0 unspecified atom stereocenters. The maximum Gasteiger partial charge on any atom is 0.273 e. The molecule has 0 aliphatic heterocycles. The van der Waals surface area contributed by atoms with Crippen molar-refractivity contribution in [3.63, 3.8) is 0 Å². The van der Waals surface area contributed by atoms with Crippen LogP contribution in [0.5, 0.6) is 0 Å². The minimum Gasteiger partial charge on any atom is -0.297 e. The third-order valence-electron chi connectivity index (χ3n) is 1.05. The zero-order chi connectivity index (χ0) is 8.43. The topological polar surface area (TPSA) is 17.1 Å². The van der Waals surface area contributed by atoms with Crippen LogP contribution >= 0.6 is 27.3 Å². The molecule has 0 aliphatic carbocycles. The average molecular weight is 241 g/mol. The average Bonchev–Trinajstić information content (AvgIpc) is 2.30. The van der Waals surface area contributed by atoms with Gasteiger partial charge in [0.1, 0.15) is 0 Å². The summed E-state index contributed by atoms with van der Waals surface area (Å²) in [5.74, 6) is 0. The lowest BCUT2D eigenvalue weighted by atomic mass is 10.4. The zero-order valence-electron chi connectivity index (χ0n) is 5.18. The van der Waals surface area contributed by atoms with Gasteiger partial charge in [-0.1, -0.05) is 0 Å². The molecule has 0 fully saturated rings. The summed E-state index contributed by atoms with van der Waals surface area (Å²) in [6.45, 7) is 0. The third kappa shape index (κ3) is 1.84. The minimum absolute atomic E-state index is 0.0906. The number of aldehydes is 1. The summed E-state index contributed by atoms with van der Waals surface area (Å²) in [7, 11) is 0. The van der Waals surface area contributed by atoms with Crippen molar-refractivity contribution in [1.82, 2.24) is 0 Å². The van der Waals surface area contributed by atoms with Gasteiger partial charge in [0, 0.05) is 4.47 Å². The number of alkyl halides is 2. The van der Waals surface area contributed by atoms with Gasteiger partial charge in [-0.2, -0.15) is 0 Å². The van der Waals surface area contributed by atoms with Crippen molar-refractivity contribution in [3.8, 4) is 0 Å². The quantitative estimate of drug-likeness (QED) is 0.726. The van der Waals surface area contributed by atoms with Crippen molar-refractivity contribution in [3.05, 3.63) is 20.3 Å². The van der Waals surface area contributed by atoms with Crippen LogP contribution in [0.25, 0.3) is 0 Å². The van der Waals surface area contributed by atoms with Crippen LogP contribution < -0.4 is 0 Å². The van der Waals surface area contributed by atoms with Crippen LogP contribution in [0.4, 0.5) is 8.78 Å². The van der Waals surface area contributed by atoms with Crippen molar-refractivity contribution < 1.29 is 13.6 Å². The summed E-state index contributed by atoms with van der Waals surface area (Å²) in [5, 5.41) is 0. The van der Waals surface area contributed by atoms with Gasteiger partial charge in [0.05, 0.1) is 9.75 Å². The van der Waals surface area contributed by atoms with Gasteiger partial charge in [-0.25, -0.2) is 8.78 Å². The predicted octanol–water partition coefficient (Wildman–Crippen LogP) is 3.26. The van der Waals surface area contributed by atoms with Crippen molar-refractivity contribution in [2.24, 2.45) is 0 Å². The molecule has 0 saturated heterocycles. The van der Waals surface area contributed by atoms with Crippen LogP contribution in [0, 0.1) is 0 Å². The fourth-order valence-electron chi connectivity index (χ4n) is 0.608. The number of halogens is 3. The van der Waals surface area contributed by atoms with Gasteiger partial charge < -0.3 is 0 Å². The highest BCUT2D eigenvalue weighted by atomic mass is 79.9. The molecular formula is C6H3BrF2OS. The number of hydrogen-bond donors (Lipinski definition) is 0. The molecule has 0 atom stereocenters. The van der Waals surface area contributed by atoms with Gasteiger partial charge in [0.25, 0.3) is 6.43 Å². The first-order valence-corrected chi connectivity index (χ1v) is 4.28. The van der Waals surface area contributed by atoms with Crippen molar-refractivity contribution in [2.75, 3.05) is 0 Å². The van der Waals surface area contributed by atoms with E-state index in [2.05, 4.69) is 15.9 Å². The Morgan fingerprint density at radius 2 is 2.27 bits per heavy atom. The molecule has 1 rings (SSSR count). The van der Waals surface area contributed by atoms with E-state index in [1.54, 1.807) is 0 Å². The maximum atomic E-state index is 12.0. The number of carbonyl (C=O) groups is 1. The number of hydrogen-bond acceptors (Lipinski definition) is 2. The van der Waals surface area contributed by atoms with Gasteiger partial charge >= 0.3 is 0 Å². The maximum absolute atomic E-state index is 12.0. The molecule has 1 nitrogen and oxygen atoms in total. The second kappa shape index (κ2) is 3.40. The molecule has 0 spiro atoms. The Morgan fingerprint density at radius 3 is 2.55 bits per heavy atom. The van der Waals surface area contributed by atoms with Crippen LogP contribution in [0.1, 0.15) is 21.0 Å². The molecule has 5 heteroatoms. The molecule has 1 heterocycles. The van der Waals surface area contributed by atoms with E-state index in [1.807, 2.05) is 0 Å². The number of carbonyl (C=O) groups excluding carboxylic acids is 1.